The molecule has 2 N–H and O–H groups in total. The molecule has 0 bridgehead atoms. The Morgan fingerprint density at radius 1 is 1.15 bits per heavy atom. The summed E-state index contributed by atoms with van der Waals surface area (Å²) < 4.78 is 1.15. The first-order valence-corrected chi connectivity index (χ1v) is 7.68. The number of thiophene rings is 1. The summed E-state index contributed by atoms with van der Waals surface area (Å²) in [5.41, 5.74) is 10.3. The zero-order valence-corrected chi connectivity index (χ0v) is 11.8. The Morgan fingerprint density at radius 2 is 2.05 bits per heavy atom. The summed E-state index contributed by atoms with van der Waals surface area (Å²) >= 11 is 1.68. The van der Waals surface area contributed by atoms with E-state index in [0.717, 1.165) is 39.9 Å². The lowest BCUT2D eigenvalue weighted by molar-refractivity contribution is 0.666. The van der Waals surface area contributed by atoms with Crippen molar-refractivity contribution in [3.05, 3.63) is 35.0 Å². The molecule has 3 heterocycles. The van der Waals surface area contributed by atoms with Gasteiger partial charge in [-0.15, -0.1) is 11.3 Å². The number of aromatic nitrogens is 3. The minimum Gasteiger partial charge on any atom is -0.383 e. The van der Waals surface area contributed by atoms with Crippen LogP contribution in [0, 0.1) is 0 Å². The summed E-state index contributed by atoms with van der Waals surface area (Å²) in [5, 5.41) is 2.05. The van der Waals surface area contributed by atoms with Crippen LogP contribution in [0.15, 0.2) is 23.7 Å². The summed E-state index contributed by atoms with van der Waals surface area (Å²) in [5.74, 6) is 1.34. The van der Waals surface area contributed by atoms with Crippen LogP contribution >= 0.6 is 11.3 Å². The van der Waals surface area contributed by atoms with E-state index in [4.69, 9.17) is 10.7 Å². The van der Waals surface area contributed by atoms with Crippen LogP contribution in [0.4, 0.5) is 5.82 Å². The third-order valence-electron chi connectivity index (χ3n) is 3.78. The summed E-state index contributed by atoms with van der Waals surface area (Å²) in [7, 11) is 0. The fourth-order valence-corrected chi connectivity index (χ4v) is 3.50. The first-order chi connectivity index (χ1) is 9.81. The van der Waals surface area contributed by atoms with Gasteiger partial charge in [-0.25, -0.2) is 9.97 Å². The highest BCUT2D eigenvalue weighted by Crippen LogP contribution is 2.28. The molecule has 5 heteroatoms. The molecular formula is C15H14N4S. The highest BCUT2D eigenvalue weighted by molar-refractivity contribution is 7.17. The molecule has 3 aromatic heterocycles. The van der Waals surface area contributed by atoms with Crippen LogP contribution < -0.4 is 5.73 Å². The van der Waals surface area contributed by atoms with Crippen molar-refractivity contribution >= 4 is 27.4 Å². The Bertz CT molecular complexity index is 794. The molecule has 20 heavy (non-hydrogen) atoms. The van der Waals surface area contributed by atoms with E-state index in [-0.39, 0.29) is 0 Å². The summed E-state index contributed by atoms with van der Waals surface area (Å²) in [6.45, 7) is 0. The Balaban J connectivity index is 1.86. The maximum absolute atomic E-state index is 6.10. The normalized spacial score (nSPS) is 14.4. The number of rotatable bonds is 1. The van der Waals surface area contributed by atoms with Crippen LogP contribution in [0.1, 0.15) is 24.1 Å². The van der Waals surface area contributed by atoms with Gasteiger partial charge in [0.25, 0.3) is 0 Å². The lowest BCUT2D eigenvalue weighted by atomic mass is 9.96. The SMILES string of the molecule is Nc1nc(-c2cnc3ccsc3c2)nc2c1CCCC2. The molecule has 1 aliphatic rings. The van der Waals surface area contributed by atoms with Crippen molar-refractivity contribution in [3.8, 4) is 11.4 Å². The molecular weight excluding hydrogens is 268 g/mol. The van der Waals surface area contributed by atoms with E-state index in [1.54, 1.807) is 11.3 Å². The van der Waals surface area contributed by atoms with Crippen molar-refractivity contribution in [3.63, 3.8) is 0 Å². The number of hydrogen-bond donors (Lipinski definition) is 1. The Kier molecular flexibility index (Phi) is 2.67. The molecule has 0 unspecified atom stereocenters. The molecule has 100 valence electrons. The van der Waals surface area contributed by atoms with E-state index >= 15 is 0 Å². The van der Waals surface area contributed by atoms with Gasteiger partial charge in [0.2, 0.25) is 0 Å². The first kappa shape index (κ1) is 11.8. The van der Waals surface area contributed by atoms with Crippen molar-refractivity contribution in [2.24, 2.45) is 0 Å². The van der Waals surface area contributed by atoms with Crippen molar-refractivity contribution < 1.29 is 0 Å². The van der Waals surface area contributed by atoms with E-state index in [2.05, 4.69) is 16.0 Å². The molecule has 0 amide bonds. The highest BCUT2D eigenvalue weighted by Gasteiger charge is 2.17. The quantitative estimate of drug-likeness (QED) is 0.744. The molecule has 0 aliphatic heterocycles. The van der Waals surface area contributed by atoms with Gasteiger partial charge >= 0.3 is 0 Å². The van der Waals surface area contributed by atoms with Crippen LogP contribution in [-0.4, -0.2) is 15.0 Å². The van der Waals surface area contributed by atoms with Gasteiger partial charge in [0, 0.05) is 23.0 Å². The topological polar surface area (TPSA) is 64.7 Å². The molecule has 0 fully saturated rings. The zero-order valence-electron chi connectivity index (χ0n) is 11.0. The van der Waals surface area contributed by atoms with Gasteiger partial charge < -0.3 is 5.73 Å². The van der Waals surface area contributed by atoms with Crippen LogP contribution in [0.5, 0.6) is 0 Å². The number of anilines is 1. The van der Waals surface area contributed by atoms with Crippen molar-refractivity contribution in [1.82, 2.24) is 15.0 Å². The largest absolute Gasteiger partial charge is 0.383 e. The van der Waals surface area contributed by atoms with Gasteiger partial charge in [-0.3, -0.25) is 4.98 Å². The average molecular weight is 282 g/mol. The van der Waals surface area contributed by atoms with Gasteiger partial charge in [0.1, 0.15) is 5.82 Å². The standard InChI is InChI=1S/C15H14N4S/c16-14-10-3-1-2-4-11(10)18-15(19-14)9-7-13-12(17-8-9)5-6-20-13/h5-8H,1-4H2,(H2,16,18,19). The Hall–Kier alpha value is -2.01. The van der Waals surface area contributed by atoms with Crippen LogP contribution in [0.3, 0.4) is 0 Å². The number of nitrogen functional groups attached to an aromatic ring is 1. The van der Waals surface area contributed by atoms with Crippen molar-refractivity contribution in [2.45, 2.75) is 25.7 Å². The maximum atomic E-state index is 6.10. The average Bonchev–Trinajstić information content (AvgIpc) is 2.94. The van der Waals surface area contributed by atoms with Crippen LogP contribution in [0.2, 0.25) is 0 Å². The predicted octanol–water partition coefficient (Wildman–Crippen LogP) is 3.21. The maximum Gasteiger partial charge on any atom is 0.163 e. The number of nitrogens with two attached hydrogens (primary N) is 1. The number of pyridine rings is 1. The Labute approximate surface area is 120 Å². The van der Waals surface area contributed by atoms with E-state index in [9.17, 15) is 0 Å². The van der Waals surface area contributed by atoms with E-state index < -0.39 is 0 Å². The van der Waals surface area contributed by atoms with Crippen molar-refractivity contribution in [1.29, 1.82) is 0 Å². The third-order valence-corrected chi connectivity index (χ3v) is 4.63. The van der Waals surface area contributed by atoms with Gasteiger partial charge in [-0.1, -0.05) is 0 Å². The molecule has 4 nitrogen and oxygen atoms in total. The number of nitrogens with zero attached hydrogens (tertiary/aromatic N) is 3. The van der Waals surface area contributed by atoms with E-state index in [1.807, 2.05) is 17.6 Å². The van der Waals surface area contributed by atoms with Gasteiger partial charge in [-0.2, -0.15) is 0 Å². The molecule has 0 radical (unpaired) electrons. The smallest absolute Gasteiger partial charge is 0.163 e. The third kappa shape index (κ3) is 1.86. The Morgan fingerprint density at radius 3 is 3.00 bits per heavy atom. The minimum atomic E-state index is 0.635. The highest BCUT2D eigenvalue weighted by atomic mass is 32.1. The molecule has 0 atom stereocenters. The zero-order chi connectivity index (χ0) is 13.5. The number of aryl methyl sites for hydroxylation is 1. The van der Waals surface area contributed by atoms with Crippen LogP contribution in [0.25, 0.3) is 21.6 Å². The molecule has 3 aromatic rings. The van der Waals surface area contributed by atoms with Crippen LogP contribution in [-0.2, 0) is 12.8 Å². The van der Waals surface area contributed by atoms with E-state index in [0.29, 0.717) is 11.6 Å². The lowest BCUT2D eigenvalue weighted by Crippen LogP contribution is -2.11. The minimum absolute atomic E-state index is 0.635. The monoisotopic (exact) mass is 282 g/mol. The summed E-state index contributed by atoms with van der Waals surface area (Å²) in [6, 6.07) is 4.11. The number of hydrogen-bond acceptors (Lipinski definition) is 5. The second-order valence-corrected chi connectivity index (χ2v) is 6.04. The molecule has 0 aromatic carbocycles. The molecule has 4 rings (SSSR count). The summed E-state index contributed by atoms with van der Waals surface area (Å²) in [6.07, 6.45) is 6.21. The van der Waals surface area contributed by atoms with Crippen molar-refractivity contribution in [2.75, 3.05) is 5.73 Å². The molecule has 0 saturated carbocycles. The van der Waals surface area contributed by atoms with Gasteiger partial charge in [-0.05, 0) is 43.2 Å². The van der Waals surface area contributed by atoms with Gasteiger partial charge in [0.05, 0.1) is 10.2 Å². The number of fused-ring (bicyclic) bond motifs is 2. The second-order valence-electron chi connectivity index (χ2n) is 5.09. The predicted molar refractivity (Wildman–Crippen MR) is 81.7 cm³/mol. The fourth-order valence-electron chi connectivity index (χ4n) is 2.72. The molecule has 1 aliphatic carbocycles. The van der Waals surface area contributed by atoms with E-state index in [1.165, 1.54) is 12.8 Å². The molecule has 0 spiro atoms. The summed E-state index contributed by atoms with van der Waals surface area (Å²) in [4.78, 5) is 13.6. The first-order valence-electron chi connectivity index (χ1n) is 6.80. The van der Waals surface area contributed by atoms with Gasteiger partial charge in [0.15, 0.2) is 5.82 Å². The second kappa shape index (κ2) is 4.52. The lowest BCUT2D eigenvalue weighted by Gasteiger charge is -2.17. The molecule has 0 saturated heterocycles. The fraction of sp³-hybridized carbons (Fsp3) is 0.267.